The Kier molecular flexibility index (Phi) is 8.44. The van der Waals surface area contributed by atoms with Gasteiger partial charge in [-0.25, -0.2) is 13.4 Å². The van der Waals surface area contributed by atoms with Crippen molar-refractivity contribution in [1.82, 2.24) is 19.6 Å². The van der Waals surface area contributed by atoms with Gasteiger partial charge in [-0.1, -0.05) is 24.3 Å². The molecule has 7 rings (SSSR count). The molecule has 0 radical (unpaired) electrons. The number of piperazine rings is 1. The van der Waals surface area contributed by atoms with Crippen LogP contribution in [0.1, 0.15) is 15.9 Å². The van der Waals surface area contributed by atoms with E-state index >= 15 is 0 Å². The van der Waals surface area contributed by atoms with Crippen LogP contribution in [-0.4, -0.2) is 54.8 Å². The summed E-state index contributed by atoms with van der Waals surface area (Å²) >= 11 is 0. The van der Waals surface area contributed by atoms with E-state index in [-0.39, 0.29) is 10.6 Å². The lowest BCUT2D eigenvalue weighted by molar-refractivity contribution is -0.137. The van der Waals surface area contributed by atoms with Crippen LogP contribution in [0, 0.1) is 0 Å². The molecule has 0 spiro atoms. The molecule has 0 saturated carbocycles. The van der Waals surface area contributed by atoms with Gasteiger partial charge < -0.3 is 25.7 Å². The number of H-pyrrole nitrogens is 1. The third-order valence-corrected chi connectivity index (χ3v) is 10.1. The van der Waals surface area contributed by atoms with Crippen molar-refractivity contribution < 1.29 is 31.1 Å². The molecule has 0 bridgehead atoms. The van der Waals surface area contributed by atoms with E-state index in [1.165, 1.54) is 16.4 Å². The summed E-state index contributed by atoms with van der Waals surface area (Å²) in [7, 11) is -3.60. The van der Waals surface area contributed by atoms with Crippen molar-refractivity contribution >= 4 is 54.9 Å². The molecule has 250 valence electrons. The third-order valence-electron chi connectivity index (χ3n) is 8.15. The quantitative estimate of drug-likeness (QED) is 0.134. The SMILES string of the molecule is O=C(Nc1ccc(C(F)(F)F)cc1)c1cccc2c(Oc3cc(Nc4ccc(S(=O)(=O)N5CCNCC5)cc4)nc4[nH]ccc34)cccc12. The minimum absolute atomic E-state index is 0.208. The Morgan fingerprint density at radius 1 is 0.816 bits per heavy atom. The van der Waals surface area contributed by atoms with E-state index in [0.717, 1.165) is 12.1 Å². The van der Waals surface area contributed by atoms with Gasteiger partial charge in [-0.05, 0) is 72.1 Å². The molecule has 0 unspecified atom stereocenters. The van der Waals surface area contributed by atoms with Gasteiger partial charge in [0.25, 0.3) is 5.91 Å². The number of nitrogens with one attached hydrogen (secondary N) is 4. The van der Waals surface area contributed by atoms with Crippen LogP contribution in [0.2, 0.25) is 0 Å². The number of aromatic amines is 1. The molecular weight excluding hydrogens is 657 g/mol. The van der Waals surface area contributed by atoms with Crippen molar-refractivity contribution in [3.63, 3.8) is 0 Å². The van der Waals surface area contributed by atoms with Crippen LogP contribution in [0.5, 0.6) is 11.5 Å². The first-order valence-corrected chi connectivity index (χ1v) is 16.7. The Morgan fingerprint density at radius 2 is 1.51 bits per heavy atom. The molecule has 10 nitrogen and oxygen atoms in total. The Balaban J connectivity index is 1.13. The minimum Gasteiger partial charge on any atom is -0.456 e. The summed E-state index contributed by atoms with van der Waals surface area (Å²) in [6.45, 7) is 2.05. The second-order valence-corrected chi connectivity index (χ2v) is 13.3. The summed E-state index contributed by atoms with van der Waals surface area (Å²) in [6.07, 6.45) is -2.75. The summed E-state index contributed by atoms with van der Waals surface area (Å²) < 4.78 is 73.0. The first-order chi connectivity index (χ1) is 23.6. The lowest BCUT2D eigenvalue weighted by Crippen LogP contribution is -2.46. The van der Waals surface area contributed by atoms with E-state index in [2.05, 4.69) is 25.9 Å². The Bertz CT molecular complexity index is 2270. The molecule has 1 aliphatic heterocycles. The van der Waals surface area contributed by atoms with Crippen LogP contribution in [-0.2, 0) is 16.2 Å². The van der Waals surface area contributed by atoms with E-state index in [1.807, 2.05) is 12.1 Å². The third kappa shape index (κ3) is 6.66. The summed E-state index contributed by atoms with van der Waals surface area (Å²) in [4.78, 5) is 21.2. The Labute approximate surface area is 279 Å². The summed E-state index contributed by atoms with van der Waals surface area (Å²) in [5.74, 6) is 0.889. The Morgan fingerprint density at radius 3 is 2.24 bits per heavy atom. The van der Waals surface area contributed by atoms with E-state index in [1.54, 1.807) is 66.9 Å². The number of halogens is 3. The van der Waals surface area contributed by atoms with Crippen LogP contribution in [0.3, 0.4) is 0 Å². The number of rotatable bonds is 8. The molecule has 1 aliphatic rings. The number of fused-ring (bicyclic) bond motifs is 2. The lowest BCUT2D eigenvalue weighted by Gasteiger charge is -2.26. The molecule has 6 aromatic rings. The van der Waals surface area contributed by atoms with Crippen LogP contribution in [0.25, 0.3) is 21.8 Å². The number of carbonyl (C=O) groups is 1. The highest BCUT2D eigenvalue weighted by molar-refractivity contribution is 7.89. The molecule has 2 aromatic heterocycles. The fourth-order valence-electron chi connectivity index (χ4n) is 5.67. The number of pyridine rings is 1. The highest BCUT2D eigenvalue weighted by Gasteiger charge is 2.30. The fraction of sp³-hybridized carbons (Fsp3) is 0.143. The first-order valence-electron chi connectivity index (χ1n) is 15.3. The maximum atomic E-state index is 13.3. The molecule has 0 aliphatic carbocycles. The van der Waals surface area contributed by atoms with Crippen molar-refractivity contribution in [2.24, 2.45) is 0 Å². The van der Waals surface area contributed by atoms with Crippen molar-refractivity contribution in [3.05, 3.63) is 114 Å². The number of anilines is 3. The smallest absolute Gasteiger partial charge is 0.416 e. The second kappa shape index (κ2) is 12.9. The molecule has 49 heavy (non-hydrogen) atoms. The fourth-order valence-corrected chi connectivity index (χ4v) is 7.12. The average molecular weight is 687 g/mol. The number of nitrogens with zero attached hydrogens (tertiary/aromatic N) is 2. The molecule has 0 atom stereocenters. The highest BCUT2D eigenvalue weighted by atomic mass is 32.2. The van der Waals surface area contributed by atoms with Crippen LogP contribution in [0.4, 0.5) is 30.4 Å². The van der Waals surface area contributed by atoms with Gasteiger partial charge in [0, 0.05) is 60.8 Å². The number of ether oxygens (including phenoxy) is 1. The van der Waals surface area contributed by atoms with Crippen molar-refractivity contribution in [2.45, 2.75) is 11.1 Å². The zero-order valence-electron chi connectivity index (χ0n) is 25.7. The van der Waals surface area contributed by atoms with E-state index < -0.39 is 27.7 Å². The van der Waals surface area contributed by atoms with E-state index in [9.17, 15) is 26.4 Å². The molecule has 3 heterocycles. The van der Waals surface area contributed by atoms with Gasteiger partial charge in [-0.3, -0.25) is 4.79 Å². The topological polar surface area (TPSA) is 128 Å². The number of amides is 1. The number of alkyl halides is 3. The number of sulfonamides is 1. The summed E-state index contributed by atoms with van der Waals surface area (Å²) in [5, 5.41) is 11.0. The van der Waals surface area contributed by atoms with Gasteiger partial charge >= 0.3 is 6.18 Å². The second-order valence-electron chi connectivity index (χ2n) is 11.3. The molecule has 1 fully saturated rings. The first kappa shape index (κ1) is 32.1. The van der Waals surface area contributed by atoms with Gasteiger partial charge in [0.1, 0.15) is 23.0 Å². The van der Waals surface area contributed by atoms with Crippen molar-refractivity contribution in [1.29, 1.82) is 0 Å². The number of hydrogen-bond donors (Lipinski definition) is 4. The van der Waals surface area contributed by atoms with Crippen LogP contribution in [0.15, 0.2) is 108 Å². The minimum atomic E-state index is -4.48. The zero-order chi connectivity index (χ0) is 34.2. The van der Waals surface area contributed by atoms with Gasteiger partial charge in [0.2, 0.25) is 10.0 Å². The van der Waals surface area contributed by atoms with E-state index in [4.69, 9.17) is 4.74 Å². The van der Waals surface area contributed by atoms with Gasteiger partial charge in [0.15, 0.2) is 0 Å². The molecule has 1 saturated heterocycles. The lowest BCUT2D eigenvalue weighted by atomic mass is 10.0. The number of benzene rings is 4. The standard InChI is InChI=1S/C35H29F3N6O4S/c36-35(37,38)22-7-9-24(10-8-22)42-34(45)28-5-1-4-27-26(28)3-2-6-30(27)48-31-21-32(43-33-29(31)15-16-40-33)41-23-11-13-25(14-12-23)49(46,47)44-19-17-39-18-20-44/h1-16,21,39H,17-20H2,(H,42,45)(H2,40,41,43). The van der Waals surface area contributed by atoms with Gasteiger partial charge in [-0.15, -0.1) is 0 Å². The van der Waals surface area contributed by atoms with Gasteiger partial charge in [0.05, 0.1) is 15.8 Å². The highest BCUT2D eigenvalue weighted by Crippen LogP contribution is 2.37. The van der Waals surface area contributed by atoms with Crippen molar-refractivity contribution in [3.8, 4) is 11.5 Å². The largest absolute Gasteiger partial charge is 0.456 e. The predicted molar refractivity (Wildman–Crippen MR) is 181 cm³/mol. The Hall–Kier alpha value is -5.44. The summed E-state index contributed by atoms with van der Waals surface area (Å²) in [5.41, 5.74) is 0.907. The maximum absolute atomic E-state index is 13.3. The number of aromatic nitrogens is 2. The zero-order valence-corrected chi connectivity index (χ0v) is 26.5. The molecule has 4 aromatic carbocycles. The number of carbonyl (C=O) groups excluding carboxylic acids is 1. The molecular formula is C35H29F3N6O4S. The summed E-state index contributed by atoms with van der Waals surface area (Å²) in [6, 6.07) is 24.7. The normalized spacial score (nSPS) is 14.2. The van der Waals surface area contributed by atoms with Crippen LogP contribution < -0.4 is 20.7 Å². The predicted octanol–water partition coefficient (Wildman–Crippen LogP) is 7.12. The molecule has 14 heteroatoms. The number of hydrogen-bond acceptors (Lipinski definition) is 7. The van der Waals surface area contributed by atoms with Crippen LogP contribution >= 0.6 is 0 Å². The van der Waals surface area contributed by atoms with E-state index in [0.29, 0.717) is 76.6 Å². The maximum Gasteiger partial charge on any atom is 0.416 e. The molecule has 1 amide bonds. The van der Waals surface area contributed by atoms with Crippen molar-refractivity contribution in [2.75, 3.05) is 36.8 Å². The van der Waals surface area contributed by atoms with Gasteiger partial charge in [-0.2, -0.15) is 17.5 Å². The molecule has 4 N–H and O–H groups in total. The average Bonchev–Trinajstić information content (AvgIpc) is 3.58. The monoisotopic (exact) mass is 686 g/mol.